The Morgan fingerprint density at radius 2 is 1.92 bits per heavy atom. The average molecular weight is 200 g/mol. The van der Waals surface area contributed by atoms with Crippen molar-refractivity contribution in [1.29, 1.82) is 0 Å². The molecule has 0 aromatic carbocycles. The minimum atomic E-state index is 0.922. The van der Waals surface area contributed by atoms with Gasteiger partial charge in [-0.1, -0.05) is 46.5 Å². The molecule has 0 aliphatic carbocycles. The molecule has 78 valence electrons. The van der Waals surface area contributed by atoms with Crippen LogP contribution in [0.2, 0.25) is 0 Å². The highest BCUT2D eigenvalue weighted by Crippen LogP contribution is 2.40. The van der Waals surface area contributed by atoms with Crippen LogP contribution in [0.1, 0.15) is 59.3 Å². The summed E-state index contributed by atoms with van der Waals surface area (Å²) in [5.41, 5.74) is 0. The van der Waals surface area contributed by atoms with E-state index in [2.05, 4.69) is 32.5 Å². The first kappa shape index (κ1) is 11.4. The third-order valence-corrected chi connectivity index (χ3v) is 4.65. The van der Waals surface area contributed by atoms with Gasteiger partial charge in [0.1, 0.15) is 0 Å². The number of hydrogen-bond donors (Lipinski definition) is 0. The third kappa shape index (κ3) is 3.93. The van der Waals surface area contributed by atoms with Gasteiger partial charge < -0.3 is 0 Å². The van der Waals surface area contributed by atoms with E-state index in [0.717, 1.165) is 16.4 Å². The van der Waals surface area contributed by atoms with Crippen molar-refractivity contribution in [2.24, 2.45) is 5.92 Å². The quantitative estimate of drug-likeness (QED) is 0.589. The molecule has 0 saturated carbocycles. The number of rotatable bonds is 5. The molecule has 0 amide bonds. The Balaban J connectivity index is 2.07. The van der Waals surface area contributed by atoms with Crippen molar-refractivity contribution >= 4 is 11.8 Å². The van der Waals surface area contributed by atoms with Gasteiger partial charge >= 0.3 is 0 Å². The molecule has 13 heavy (non-hydrogen) atoms. The van der Waals surface area contributed by atoms with E-state index in [-0.39, 0.29) is 0 Å². The van der Waals surface area contributed by atoms with Gasteiger partial charge in [0, 0.05) is 10.5 Å². The van der Waals surface area contributed by atoms with Gasteiger partial charge in [-0.05, 0) is 18.8 Å². The van der Waals surface area contributed by atoms with Gasteiger partial charge in [0.15, 0.2) is 0 Å². The molecule has 1 rings (SSSR count). The van der Waals surface area contributed by atoms with Crippen molar-refractivity contribution in [1.82, 2.24) is 0 Å². The molecule has 0 spiro atoms. The molecule has 1 aliphatic rings. The normalized spacial score (nSPS) is 33.9. The largest absolute Gasteiger partial charge is 0.155 e. The van der Waals surface area contributed by atoms with Gasteiger partial charge in [0.05, 0.1) is 0 Å². The Labute approximate surface area is 87.9 Å². The van der Waals surface area contributed by atoms with Crippen LogP contribution in [0.4, 0.5) is 0 Å². The standard InChI is InChI=1S/C12H24S/c1-4-5-6-7-8-12-9-10(2)13-11(12)3/h10-12H,4-9H2,1-3H3. The lowest BCUT2D eigenvalue weighted by molar-refractivity contribution is 0.444. The fourth-order valence-corrected chi connectivity index (χ4v) is 3.90. The molecular weight excluding hydrogens is 176 g/mol. The first-order valence-corrected chi connectivity index (χ1v) is 6.83. The van der Waals surface area contributed by atoms with Crippen LogP contribution in [0.15, 0.2) is 0 Å². The minimum absolute atomic E-state index is 0.922. The number of hydrogen-bond acceptors (Lipinski definition) is 1. The third-order valence-electron chi connectivity index (χ3n) is 3.17. The summed E-state index contributed by atoms with van der Waals surface area (Å²) in [7, 11) is 0. The molecule has 0 aromatic heterocycles. The van der Waals surface area contributed by atoms with Crippen LogP contribution in [0.5, 0.6) is 0 Å². The Bertz CT molecular complexity index is 133. The zero-order valence-electron chi connectivity index (χ0n) is 9.38. The molecule has 1 heterocycles. The molecule has 1 aliphatic heterocycles. The van der Waals surface area contributed by atoms with E-state index in [0.29, 0.717) is 0 Å². The lowest BCUT2D eigenvalue weighted by Crippen LogP contribution is -2.07. The summed E-state index contributed by atoms with van der Waals surface area (Å²) in [4.78, 5) is 0. The number of thioether (sulfide) groups is 1. The van der Waals surface area contributed by atoms with E-state index in [4.69, 9.17) is 0 Å². The lowest BCUT2D eigenvalue weighted by Gasteiger charge is -2.13. The van der Waals surface area contributed by atoms with Crippen LogP contribution in [-0.2, 0) is 0 Å². The van der Waals surface area contributed by atoms with Crippen LogP contribution in [0.3, 0.4) is 0 Å². The van der Waals surface area contributed by atoms with Crippen LogP contribution >= 0.6 is 11.8 Å². The van der Waals surface area contributed by atoms with Crippen molar-refractivity contribution in [2.45, 2.75) is 69.8 Å². The monoisotopic (exact) mass is 200 g/mol. The van der Waals surface area contributed by atoms with E-state index in [1.165, 1.54) is 38.5 Å². The van der Waals surface area contributed by atoms with Gasteiger partial charge in [0.25, 0.3) is 0 Å². The minimum Gasteiger partial charge on any atom is -0.155 e. The molecule has 0 nitrogen and oxygen atoms in total. The Morgan fingerprint density at radius 1 is 1.15 bits per heavy atom. The summed E-state index contributed by atoms with van der Waals surface area (Å²) < 4.78 is 0. The van der Waals surface area contributed by atoms with Gasteiger partial charge in [-0.2, -0.15) is 11.8 Å². The highest BCUT2D eigenvalue weighted by Gasteiger charge is 2.28. The van der Waals surface area contributed by atoms with Gasteiger partial charge in [-0.15, -0.1) is 0 Å². The molecule has 0 bridgehead atoms. The second-order valence-corrected chi connectivity index (χ2v) is 6.32. The van der Waals surface area contributed by atoms with E-state index >= 15 is 0 Å². The van der Waals surface area contributed by atoms with Crippen LogP contribution in [0.25, 0.3) is 0 Å². The number of unbranched alkanes of at least 4 members (excludes halogenated alkanes) is 3. The maximum Gasteiger partial charge on any atom is 0.00500 e. The van der Waals surface area contributed by atoms with Crippen molar-refractivity contribution < 1.29 is 0 Å². The van der Waals surface area contributed by atoms with Crippen molar-refractivity contribution in [2.75, 3.05) is 0 Å². The molecule has 1 saturated heterocycles. The smallest absolute Gasteiger partial charge is 0.00500 e. The zero-order valence-corrected chi connectivity index (χ0v) is 10.2. The predicted molar refractivity (Wildman–Crippen MR) is 63.4 cm³/mol. The van der Waals surface area contributed by atoms with Gasteiger partial charge in [-0.25, -0.2) is 0 Å². The first-order chi connectivity index (χ1) is 6.24. The summed E-state index contributed by atoms with van der Waals surface area (Å²) in [5.74, 6) is 1.02. The molecule has 0 aromatic rings. The summed E-state index contributed by atoms with van der Waals surface area (Å²) in [5, 5.41) is 1.85. The fourth-order valence-electron chi connectivity index (χ4n) is 2.34. The van der Waals surface area contributed by atoms with Crippen molar-refractivity contribution in [3.05, 3.63) is 0 Å². The average Bonchev–Trinajstić information content (AvgIpc) is 2.39. The van der Waals surface area contributed by atoms with Crippen LogP contribution < -0.4 is 0 Å². The lowest BCUT2D eigenvalue weighted by atomic mass is 9.94. The fraction of sp³-hybridized carbons (Fsp3) is 1.00. The first-order valence-electron chi connectivity index (χ1n) is 5.89. The summed E-state index contributed by atoms with van der Waals surface area (Å²) in [6.07, 6.45) is 8.68. The Morgan fingerprint density at radius 3 is 2.46 bits per heavy atom. The van der Waals surface area contributed by atoms with E-state index < -0.39 is 0 Å². The second kappa shape index (κ2) is 5.95. The Kier molecular flexibility index (Phi) is 5.23. The summed E-state index contributed by atoms with van der Waals surface area (Å²) >= 11 is 2.19. The highest BCUT2D eigenvalue weighted by molar-refractivity contribution is 8.00. The molecule has 1 heteroatoms. The summed E-state index contributed by atoms with van der Waals surface area (Å²) in [6.45, 7) is 7.09. The predicted octanol–water partition coefficient (Wildman–Crippen LogP) is 4.49. The summed E-state index contributed by atoms with van der Waals surface area (Å²) in [6, 6.07) is 0. The van der Waals surface area contributed by atoms with Gasteiger partial charge in [0.2, 0.25) is 0 Å². The van der Waals surface area contributed by atoms with Gasteiger partial charge in [-0.3, -0.25) is 0 Å². The van der Waals surface area contributed by atoms with E-state index in [9.17, 15) is 0 Å². The molecular formula is C12H24S. The van der Waals surface area contributed by atoms with Crippen LogP contribution in [0, 0.1) is 5.92 Å². The Hall–Kier alpha value is 0.350. The molecule has 3 unspecified atom stereocenters. The SMILES string of the molecule is CCCCCCC1CC(C)SC1C. The topological polar surface area (TPSA) is 0 Å². The maximum absolute atomic E-state index is 2.42. The van der Waals surface area contributed by atoms with Crippen LogP contribution in [-0.4, -0.2) is 10.5 Å². The van der Waals surface area contributed by atoms with E-state index in [1.807, 2.05) is 0 Å². The van der Waals surface area contributed by atoms with E-state index in [1.54, 1.807) is 0 Å². The maximum atomic E-state index is 2.42. The highest BCUT2D eigenvalue weighted by atomic mass is 32.2. The van der Waals surface area contributed by atoms with Crippen molar-refractivity contribution in [3.63, 3.8) is 0 Å². The van der Waals surface area contributed by atoms with Crippen molar-refractivity contribution in [3.8, 4) is 0 Å². The zero-order chi connectivity index (χ0) is 9.68. The molecule has 0 radical (unpaired) electrons. The second-order valence-electron chi connectivity index (χ2n) is 4.50. The molecule has 1 fully saturated rings. The molecule has 0 N–H and O–H groups in total. The molecule has 3 atom stereocenters.